The van der Waals surface area contributed by atoms with Gasteiger partial charge in [-0.05, 0) is 50.5 Å². The first-order valence-corrected chi connectivity index (χ1v) is 13.5. The molecule has 184 valence electrons. The van der Waals surface area contributed by atoms with E-state index in [0.717, 1.165) is 49.4 Å². The van der Waals surface area contributed by atoms with Crippen LogP contribution in [0.1, 0.15) is 0 Å². The predicted octanol–water partition coefficient (Wildman–Crippen LogP) is 9.61. The average Bonchev–Trinajstić information content (AvgIpc) is 3.03. The topological polar surface area (TPSA) is 38.7 Å². The van der Waals surface area contributed by atoms with Gasteiger partial charge in [0.2, 0.25) is 0 Å². The second-order valence-corrected chi connectivity index (χ2v) is 10.4. The molecule has 0 N–H and O–H groups in total. The highest BCUT2D eigenvalue weighted by atomic mass is 14.8. The molecule has 0 fully saturated rings. The second-order valence-electron chi connectivity index (χ2n) is 10.4. The van der Waals surface area contributed by atoms with Crippen LogP contribution in [0.5, 0.6) is 0 Å². The van der Waals surface area contributed by atoms with Crippen LogP contribution >= 0.6 is 0 Å². The summed E-state index contributed by atoms with van der Waals surface area (Å²) in [6.07, 6.45) is 3.83. The van der Waals surface area contributed by atoms with E-state index in [9.17, 15) is 0 Å². The molecule has 0 atom stereocenters. The fourth-order valence-corrected chi connectivity index (χ4v) is 6.51. The second kappa shape index (κ2) is 8.05. The predicted molar refractivity (Wildman–Crippen MR) is 168 cm³/mol. The van der Waals surface area contributed by atoms with E-state index < -0.39 is 0 Å². The zero-order chi connectivity index (χ0) is 26.2. The van der Waals surface area contributed by atoms with E-state index >= 15 is 0 Å². The molecule has 0 bridgehead atoms. The Hall–Kier alpha value is -5.41. The Morgan fingerprint density at radius 1 is 0.425 bits per heavy atom. The van der Waals surface area contributed by atoms with Gasteiger partial charge in [-0.2, -0.15) is 0 Å². The van der Waals surface area contributed by atoms with Crippen molar-refractivity contribution in [2.75, 3.05) is 0 Å². The van der Waals surface area contributed by atoms with Crippen molar-refractivity contribution >= 4 is 75.8 Å². The Bertz CT molecular complexity index is 2460. The summed E-state index contributed by atoms with van der Waals surface area (Å²) in [6.45, 7) is 0. The number of benzene rings is 6. The Balaban J connectivity index is 1.43. The molecule has 0 saturated carbocycles. The molecule has 3 heteroatoms. The Kier molecular flexibility index (Phi) is 4.33. The highest BCUT2D eigenvalue weighted by Crippen LogP contribution is 2.40. The van der Waals surface area contributed by atoms with E-state index in [-0.39, 0.29) is 0 Å². The summed E-state index contributed by atoms with van der Waals surface area (Å²) in [4.78, 5) is 14.9. The molecular formula is C37H21N3. The Morgan fingerprint density at radius 2 is 1.07 bits per heavy atom. The lowest BCUT2D eigenvalue weighted by Crippen LogP contribution is -1.94. The molecule has 0 radical (unpaired) electrons. The highest BCUT2D eigenvalue weighted by molar-refractivity contribution is 6.27. The highest BCUT2D eigenvalue weighted by Gasteiger charge is 2.17. The van der Waals surface area contributed by atoms with Crippen LogP contribution in [0.4, 0.5) is 0 Å². The molecule has 9 aromatic rings. The number of para-hydroxylation sites is 1. The van der Waals surface area contributed by atoms with Crippen molar-refractivity contribution in [3.8, 4) is 11.3 Å². The van der Waals surface area contributed by atoms with Crippen molar-refractivity contribution in [1.82, 2.24) is 15.0 Å². The van der Waals surface area contributed by atoms with Gasteiger partial charge in [0.1, 0.15) is 0 Å². The van der Waals surface area contributed by atoms with Crippen LogP contribution in [-0.2, 0) is 0 Å². The first-order valence-electron chi connectivity index (χ1n) is 13.5. The normalized spacial score (nSPS) is 12.0. The number of rotatable bonds is 1. The zero-order valence-electron chi connectivity index (χ0n) is 21.5. The first kappa shape index (κ1) is 21.5. The van der Waals surface area contributed by atoms with Crippen LogP contribution in [0.2, 0.25) is 0 Å². The summed E-state index contributed by atoms with van der Waals surface area (Å²) < 4.78 is 0. The van der Waals surface area contributed by atoms with E-state index in [4.69, 9.17) is 9.97 Å². The monoisotopic (exact) mass is 507 g/mol. The molecule has 0 amide bonds. The van der Waals surface area contributed by atoms with E-state index in [0.29, 0.717) is 0 Å². The molecule has 0 aliphatic carbocycles. The van der Waals surface area contributed by atoms with Gasteiger partial charge in [0.25, 0.3) is 0 Å². The third-order valence-corrected chi connectivity index (χ3v) is 8.29. The molecule has 0 aliphatic heterocycles. The number of pyridine rings is 3. The van der Waals surface area contributed by atoms with Crippen molar-refractivity contribution < 1.29 is 0 Å². The van der Waals surface area contributed by atoms with E-state index in [1.54, 1.807) is 0 Å². The maximum absolute atomic E-state index is 5.24. The minimum atomic E-state index is 0.920. The maximum Gasteiger partial charge on any atom is 0.0971 e. The summed E-state index contributed by atoms with van der Waals surface area (Å²) in [7, 11) is 0. The van der Waals surface area contributed by atoms with Crippen LogP contribution in [0.25, 0.3) is 87.1 Å². The van der Waals surface area contributed by atoms with Gasteiger partial charge in [-0.15, -0.1) is 0 Å². The Labute approximate surface area is 229 Å². The fraction of sp³-hybridized carbons (Fsp3) is 0. The average molecular weight is 508 g/mol. The van der Waals surface area contributed by atoms with E-state index in [1.807, 2.05) is 18.5 Å². The third kappa shape index (κ3) is 2.92. The lowest BCUT2D eigenvalue weighted by atomic mass is 9.91. The summed E-state index contributed by atoms with van der Waals surface area (Å²) in [5, 5.41) is 13.1. The van der Waals surface area contributed by atoms with Gasteiger partial charge in [0.15, 0.2) is 0 Å². The zero-order valence-corrected chi connectivity index (χ0v) is 21.5. The molecule has 0 aliphatic rings. The minimum Gasteiger partial charge on any atom is -0.254 e. The molecule has 3 aromatic heterocycles. The van der Waals surface area contributed by atoms with Gasteiger partial charge >= 0.3 is 0 Å². The quantitative estimate of drug-likeness (QED) is 0.208. The third-order valence-electron chi connectivity index (χ3n) is 8.29. The fourth-order valence-electron chi connectivity index (χ4n) is 6.51. The first-order chi connectivity index (χ1) is 19.8. The van der Waals surface area contributed by atoms with Crippen molar-refractivity contribution in [2.24, 2.45) is 0 Å². The number of nitrogens with zero attached hydrogens (tertiary/aromatic N) is 3. The molecular weight excluding hydrogens is 486 g/mol. The molecule has 3 nitrogen and oxygen atoms in total. The van der Waals surface area contributed by atoms with Crippen molar-refractivity contribution in [1.29, 1.82) is 0 Å². The standard InChI is InChI=1S/C37H21N3/c1-2-11-26-24(9-1)25-10-3-4-12-27(25)31-20-23(16-17-28(26)31)35-32-21-39-37-30(18-15-22-8-7-19-38-36(22)37)34(32)29-13-5-6-14-33(29)40-35/h1-21H. The maximum atomic E-state index is 5.24. The number of aromatic nitrogens is 3. The summed E-state index contributed by atoms with van der Waals surface area (Å²) in [6, 6.07) is 41.0. The van der Waals surface area contributed by atoms with Gasteiger partial charge < -0.3 is 0 Å². The van der Waals surface area contributed by atoms with Gasteiger partial charge in [0, 0.05) is 44.9 Å². The number of fused-ring (bicyclic) bond motifs is 13. The van der Waals surface area contributed by atoms with Crippen molar-refractivity contribution in [3.05, 3.63) is 128 Å². The van der Waals surface area contributed by atoms with Crippen LogP contribution < -0.4 is 0 Å². The molecule has 9 rings (SSSR count). The Morgan fingerprint density at radius 3 is 1.85 bits per heavy atom. The largest absolute Gasteiger partial charge is 0.254 e. The molecule has 0 saturated heterocycles. The summed E-state index contributed by atoms with van der Waals surface area (Å²) >= 11 is 0. The lowest BCUT2D eigenvalue weighted by molar-refractivity contribution is 1.38. The minimum absolute atomic E-state index is 0.920. The van der Waals surface area contributed by atoms with E-state index in [2.05, 4.69) is 114 Å². The van der Waals surface area contributed by atoms with Gasteiger partial charge in [0.05, 0.1) is 22.2 Å². The number of hydrogen-bond acceptors (Lipinski definition) is 3. The van der Waals surface area contributed by atoms with Crippen molar-refractivity contribution in [2.45, 2.75) is 0 Å². The smallest absolute Gasteiger partial charge is 0.0971 e. The van der Waals surface area contributed by atoms with Crippen LogP contribution in [0, 0.1) is 0 Å². The van der Waals surface area contributed by atoms with Crippen LogP contribution in [0.15, 0.2) is 128 Å². The van der Waals surface area contributed by atoms with Gasteiger partial charge in [-0.3, -0.25) is 9.97 Å². The summed E-state index contributed by atoms with van der Waals surface area (Å²) in [5.41, 5.74) is 4.85. The van der Waals surface area contributed by atoms with Crippen molar-refractivity contribution in [3.63, 3.8) is 0 Å². The van der Waals surface area contributed by atoms with E-state index in [1.165, 1.54) is 37.7 Å². The number of hydrogen-bond donors (Lipinski definition) is 0. The van der Waals surface area contributed by atoms with Crippen LogP contribution in [-0.4, -0.2) is 15.0 Å². The molecule has 0 spiro atoms. The molecule has 40 heavy (non-hydrogen) atoms. The molecule has 6 aromatic carbocycles. The molecule has 3 heterocycles. The SMILES string of the molecule is c1cnc2c(c1)ccc1c2ncc2c(-c3ccc4c5ccccc5c5ccccc5c4c3)nc3ccccc3c21. The van der Waals surface area contributed by atoms with Crippen LogP contribution in [0.3, 0.4) is 0 Å². The summed E-state index contributed by atoms with van der Waals surface area (Å²) in [5.74, 6) is 0. The lowest BCUT2D eigenvalue weighted by Gasteiger charge is -2.15. The van der Waals surface area contributed by atoms with Gasteiger partial charge in [-0.1, -0.05) is 97.1 Å². The van der Waals surface area contributed by atoms with Gasteiger partial charge in [-0.25, -0.2) is 4.98 Å². The molecule has 0 unspecified atom stereocenters.